The molecule has 1 nitrogen and oxygen atoms in total. The monoisotopic (exact) mass is 346 g/mol. The number of ketones is 1. The molecular formula is C14H7BrF4O. The number of carbonyl (C=O) groups is 1. The summed E-state index contributed by atoms with van der Waals surface area (Å²) >= 11 is 2.95. The quantitative estimate of drug-likeness (QED) is 0.561. The summed E-state index contributed by atoms with van der Waals surface area (Å²) in [6, 6.07) is 7.84. The lowest BCUT2D eigenvalue weighted by molar-refractivity contribution is -0.137. The zero-order valence-corrected chi connectivity index (χ0v) is 11.4. The zero-order chi connectivity index (χ0) is 14.9. The fourth-order valence-corrected chi connectivity index (χ4v) is 2.01. The van der Waals surface area contributed by atoms with Gasteiger partial charge in [-0.2, -0.15) is 13.2 Å². The van der Waals surface area contributed by atoms with Crippen LogP contribution >= 0.6 is 15.9 Å². The average Bonchev–Trinajstić information content (AvgIpc) is 2.40. The summed E-state index contributed by atoms with van der Waals surface area (Å²) in [7, 11) is 0. The van der Waals surface area contributed by atoms with Gasteiger partial charge in [0.2, 0.25) is 0 Å². The molecule has 0 aliphatic heterocycles. The zero-order valence-electron chi connectivity index (χ0n) is 9.84. The van der Waals surface area contributed by atoms with Crippen molar-refractivity contribution in [1.29, 1.82) is 0 Å². The Hall–Kier alpha value is -1.69. The van der Waals surface area contributed by atoms with Crippen LogP contribution in [0.15, 0.2) is 46.9 Å². The van der Waals surface area contributed by atoms with Gasteiger partial charge in [-0.1, -0.05) is 18.2 Å². The molecule has 0 amide bonds. The van der Waals surface area contributed by atoms with Crippen molar-refractivity contribution >= 4 is 21.7 Å². The second-order valence-corrected chi connectivity index (χ2v) is 4.86. The van der Waals surface area contributed by atoms with E-state index in [0.717, 1.165) is 24.3 Å². The molecule has 0 heterocycles. The van der Waals surface area contributed by atoms with Gasteiger partial charge < -0.3 is 0 Å². The van der Waals surface area contributed by atoms with Gasteiger partial charge in [0.1, 0.15) is 5.82 Å². The molecule has 6 heteroatoms. The van der Waals surface area contributed by atoms with Crippen molar-refractivity contribution in [2.75, 3.05) is 0 Å². The maximum absolute atomic E-state index is 13.8. The first kappa shape index (κ1) is 14.7. The first-order valence-corrected chi connectivity index (χ1v) is 6.26. The van der Waals surface area contributed by atoms with E-state index in [0.29, 0.717) is 0 Å². The van der Waals surface area contributed by atoms with Gasteiger partial charge in [-0.3, -0.25) is 4.79 Å². The van der Waals surface area contributed by atoms with Crippen molar-refractivity contribution in [3.05, 3.63) is 69.4 Å². The molecule has 0 aliphatic rings. The lowest BCUT2D eigenvalue weighted by Crippen LogP contribution is -2.08. The molecule has 2 aromatic rings. The third-order valence-electron chi connectivity index (χ3n) is 2.67. The highest BCUT2D eigenvalue weighted by molar-refractivity contribution is 9.10. The Kier molecular flexibility index (Phi) is 3.94. The third-order valence-corrected chi connectivity index (χ3v) is 3.28. The summed E-state index contributed by atoms with van der Waals surface area (Å²) in [6.07, 6.45) is -4.47. The Bertz CT molecular complexity index is 647. The minimum atomic E-state index is -4.47. The van der Waals surface area contributed by atoms with E-state index in [1.165, 1.54) is 18.2 Å². The Labute approximate surface area is 120 Å². The normalized spacial score (nSPS) is 11.4. The topological polar surface area (TPSA) is 17.1 Å². The number of hydrogen-bond acceptors (Lipinski definition) is 1. The molecule has 20 heavy (non-hydrogen) atoms. The van der Waals surface area contributed by atoms with E-state index in [9.17, 15) is 22.4 Å². The van der Waals surface area contributed by atoms with Crippen molar-refractivity contribution in [1.82, 2.24) is 0 Å². The third kappa shape index (κ3) is 2.90. The smallest absolute Gasteiger partial charge is 0.288 e. The summed E-state index contributed by atoms with van der Waals surface area (Å²) in [6.45, 7) is 0. The van der Waals surface area contributed by atoms with Crippen molar-refractivity contribution in [3.8, 4) is 0 Å². The highest BCUT2D eigenvalue weighted by Gasteiger charge is 2.30. The molecule has 0 bridgehead atoms. The molecule has 0 saturated heterocycles. The van der Waals surface area contributed by atoms with Gasteiger partial charge in [0, 0.05) is 5.56 Å². The lowest BCUT2D eigenvalue weighted by atomic mass is 10.0. The molecule has 2 rings (SSSR count). The van der Waals surface area contributed by atoms with Crippen LogP contribution in [0.1, 0.15) is 21.5 Å². The van der Waals surface area contributed by atoms with Gasteiger partial charge in [-0.25, -0.2) is 4.39 Å². The predicted molar refractivity (Wildman–Crippen MR) is 69.0 cm³/mol. The molecule has 0 radical (unpaired) electrons. The van der Waals surface area contributed by atoms with Crippen LogP contribution < -0.4 is 0 Å². The Morgan fingerprint density at radius 3 is 2.15 bits per heavy atom. The van der Waals surface area contributed by atoms with E-state index in [1.54, 1.807) is 0 Å². The number of hydrogen-bond donors (Lipinski definition) is 0. The molecular weight excluding hydrogens is 340 g/mol. The Morgan fingerprint density at radius 2 is 1.60 bits per heavy atom. The van der Waals surface area contributed by atoms with Gasteiger partial charge in [0.15, 0.2) is 5.78 Å². The van der Waals surface area contributed by atoms with Gasteiger partial charge >= 0.3 is 6.18 Å². The second kappa shape index (κ2) is 5.36. The second-order valence-electron chi connectivity index (χ2n) is 4.01. The number of alkyl halides is 3. The summed E-state index contributed by atoms with van der Waals surface area (Å²) in [5.41, 5.74) is -1.06. The van der Waals surface area contributed by atoms with Crippen LogP contribution in [0.4, 0.5) is 17.6 Å². The Balaban J connectivity index is 2.37. The first-order chi connectivity index (χ1) is 9.30. The van der Waals surface area contributed by atoms with E-state index >= 15 is 0 Å². The van der Waals surface area contributed by atoms with Gasteiger partial charge in [-0.15, -0.1) is 0 Å². The van der Waals surface area contributed by atoms with Crippen LogP contribution in [-0.2, 0) is 6.18 Å². The minimum absolute atomic E-state index is 0.00463. The van der Waals surface area contributed by atoms with E-state index in [1.807, 2.05) is 0 Å². The Morgan fingerprint density at radius 1 is 1.00 bits per heavy atom. The van der Waals surface area contributed by atoms with Crippen LogP contribution in [0, 0.1) is 5.82 Å². The predicted octanol–water partition coefficient (Wildman–Crippen LogP) is 4.84. The molecule has 0 spiro atoms. The SMILES string of the molecule is O=C(c1ccc(C(F)(F)F)cc1)c1cccc(Br)c1F. The summed E-state index contributed by atoms with van der Waals surface area (Å²) in [5, 5.41) is 0. The highest BCUT2D eigenvalue weighted by atomic mass is 79.9. The molecule has 0 saturated carbocycles. The summed E-state index contributed by atoms with van der Waals surface area (Å²) < 4.78 is 51.1. The number of halogens is 5. The number of benzene rings is 2. The molecule has 0 atom stereocenters. The van der Waals surface area contributed by atoms with Gasteiger partial charge in [-0.05, 0) is 40.2 Å². The molecule has 2 aromatic carbocycles. The molecule has 0 aromatic heterocycles. The fourth-order valence-electron chi connectivity index (χ4n) is 1.65. The fraction of sp³-hybridized carbons (Fsp3) is 0.0714. The maximum Gasteiger partial charge on any atom is 0.416 e. The van der Waals surface area contributed by atoms with Crippen LogP contribution in [0.5, 0.6) is 0 Å². The van der Waals surface area contributed by atoms with Crippen molar-refractivity contribution in [2.24, 2.45) is 0 Å². The van der Waals surface area contributed by atoms with Gasteiger partial charge in [0.05, 0.1) is 15.6 Å². The van der Waals surface area contributed by atoms with Crippen LogP contribution in [0.25, 0.3) is 0 Å². The number of carbonyl (C=O) groups excluding carboxylic acids is 1. The lowest BCUT2D eigenvalue weighted by Gasteiger charge is -2.08. The van der Waals surface area contributed by atoms with Crippen LogP contribution in [0.2, 0.25) is 0 Å². The van der Waals surface area contributed by atoms with E-state index < -0.39 is 23.3 Å². The molecule has 0 aliphatic carbocycles. The number of rotatable bonds is 2. The van der Waals surface area contributed by atoms with Crippen molar-refractivity contribution in [3.63, 3.8) is 0 Å². The van der Waals surface area contributed by atoms with Crippen molar-refractivity contribution < 1.29 is 22.4 Å². The largest absolute Gasteiger partial charge is 0.416 e. The molecule has 0 N–H and O–H groups in total. The molecule has 0 unspecified atom stereocenters. The molecule has 0 fully saturated rings. The average molecular weight is 347 g/mol. The summed E-state index contributed by atoms with van der Waals surface area (Å²) in [5.74, 6) is -1.41. The van der Waals surface area contributed by atoms with Crippen LogP contribution in [0.3, 0.4) is 0 Å². The minimum Gasteiger partial charge on any atom is -0.288 e. The standard InChI is InChI=1S/C14H7BrF4O/c15-11-3-1-2-10(12(11)16)13(20)8-4-6-9(7-5-8)14(17,18)19/h1-7H. The van der Waals surface area contributed by atoms with Crippen LogP contribution in [-0.4, -0.2) is 5.78 Å². The first-order valence-electron chi connectivity index (χ1n) is 5.46. The van der Waals surface area contributed by atoms with E-state index in [-0.39, 0.29) is 15.6 Å². The van der Waals surface area contributed by atoms with Crippen molar-refractivity contribution in [2.45, 2.75) is 6.18 Å². The van der Waals surface area contributed by atoms with E-state index in [2.05, 4.69) is 15.9 Å². The maximum atomic E-state index is 13.8. The van der Waals surface area contributed by atoms with E-state index in [4.69, 9.17) is 0 Å². The highest BCUT2D eigenvalue weighted by Crippen LogP contribution is 2.29. The van der Waals surface area contributed by atoms with Gasteiger partial charge in [0.25, 0.3) is 0 Å². The molecule has 104 valence electrons. The summed E-state index contributed by atoms with van der Waals surface area (Å²) in [4.78, 5) is 12.0.